The van der Waals surface area contributed by atoms with Gasteiger partial charge in [-0.05, 0) is 83.4 Å². The molecule has 0 spiro atoms. The molecule has 0 aromatic heterocycles. The van der Waals surface area contributed by atoms with Crippen molar-refractivity contribution in [2.45, 2.75) is 58.4 Å². The maximum atomic E-state index is 12.8. The second-order valence-electron chi connectivity index (χ2n) is 12.2. The van der Waals surface area contributed by atoms with Crippen molar-refractivity contribution in [1.82, 2.24) is 4.90 Å². The van der Waals surface area contributed by atoms with Crippen LogP contribution in [0.5, 0.6) is 11.5 Å². The standard InChI is InChI=1S/C34H46ClN5O4/c1-6-43-32-18-29-27(17-30(32)39-33(41)8-7-15-40(4)5)34(25(19-36-29)20-37-42)38-26-13-14-31(28(35)16-26)44-21-24-12-10-22(2)9-11-23(24)3/h13-14,16-18,22,24-25,34,36,38H,3,6-12,15,19,21H2,1-2,4-5H3,(H,39,41). The summed E-state index contributed by atoms with van der Waals surface area (Å²) in [5, 5.41) is 24.7. The summed E-state index contributed by atoms with van der Waals surface area (Å²) in [7, 11) is 3.97. The van der Waals surface area contributed by atoms with E-state index in [0.717, 1.165) is 42.7 Å². The molecule has 0 radical (unpaired) electrons. The number of rotatable bonds is 12. The van der Waals surface area contributed by atoms with Crippen molar-refractivity contribution in [2.75, 3.05) is 56.3 Å². The van der Waals surface area contributed by atoms with Crippen molar-refractivity contribution in [3.8, 4) is 17.6 Å². The van der Waals surface area contributed by atoms with E-state index in [2.05, 4.69) is 40.5 Å². The lowest BCUT2D eigenvalue weighted by Gasteiger charge is -2.32. The van der Waals surface area contributed by atoms with Gasteiger partial charge in [0.05, 0.1) is 30.0 Å². The zero-order chi connectivity index (χ0) is 31.6. The third-order valence-corrected chi connectivity index (χ3v) is 8.74. The van der Waals surface area contributed by atoms with Gasteiger partial charge in [0.25, 0.3) is 0 Å². The first-order valence-corrected chi connectivity index (χ1v) is 16.0. The smallest absolute Gasteiger partial charge is 0.306 e. The Bertz CT molecular complexity index is 1370. The minimum atomic E-state index is -0.375. The van der Waals surface area contributed by atoms with Gasteiger partial charge in [0.2, 0.25) is 5.91 Å². The molecule has 2 aromatic rings. The summed E-state index contributed by atoms with van der Waals surface area (Å²) < 4.78 is 12.1. The number of hydrogen-bond donors (Lipinski definition) is 3. The Hall–Kier alpha value is -3.61. The van der Waals surface area contributed by atoms with Crippen LogP contribution in [0.2, 0.25) is 5.02 Å². The van der Waals surface area contributed by atoms with Crippen LogP contribution in [-0.4, -0.2) is 51.2 Å². The van der Waals surface area contributed by atoms with Gasteiger partial charge in [0.15, 0.2) is 0 Å². The second-order valence-corrected chi connectivity index (χ2v) is 12.6. The molecular formula is C34H46ClN5O4. The fraction of sp³-hybridized carbons (Fsp3) is 0.529. The Morgan fingerprint density at radius 1 is 1.20 bits per heavy atom. The van der Waals surface area contributed by atoms with Crippen molar-refractivity contribution >= 4 is 34.6 Å². The highest BCUT2D eigenvalue weighted by Gasteiger charge is 2.34. The minimum Gasteiger partial charge on any atom is -0.498 e. The van der Waals surface area contributed by atoms with Crippen LogP contribution in [0, 0.1) is 29.0 Å². The SMILES string of the molecule is C=C1CCC(C)CCC1COc1ccc(NC2c3cc(NC(=O)CCCN(C)C)c(OCC)cc3NCC2C#[N+][O-])cc1Cl. The molecule has 1 heterocycles. The summed E-state index contributed by atoms with van der Waals surface area (Å²) in [6, 6.07) is 11.7. The maximum Gasteiger partial charge on any atom is 0.306 e. The Labute approximate surface area is 266 Å². The number of amides is 1. The molecule has 1 aliphatic carbocycles. The van der Waals surface area contributed by atoms with Crippen LogP contribution in [0.1, 0.15) is 64.0 Å². The van der Waals surface area contributed by atoms with Crippen molar-refractivity contribution in [1.29, 1.82) is 0 Å². The van der Waals surface area contributed by atoms with Crippen molar-refractivity contribution < 1.29 is 14.3 Å². The van der Waals surface area contributed by atoms with E-state index in [0.29, 0.717) is 60.2 Å². The van der Waals surface area contributed by atoms with Crippen molar-refractivity contribution in [3.05, 3.63) is 63.3 Å². The lowest BCUT2D eigenvalue weighted by molar-refractivity contribution is -0.116. The zero-order valence-corrected chi connectivity index (χ0v) is 27.1. The van der Waals surface area contributed by atoms with E-state index in [9.17, 15) is 10.0 Å². The summed E-state index contributed by atoms with van der Waals surface area (Å²) in [6.45, 7) is 10.8. The van der Waals surface area contributed by atoms with Crippen LogP contribution in [-0.2, 0) is 4.79 Å². The maximum absolute atomic E-state index is 12.8. The number of anilines is 3. The molecule has 1 amide bonds. The molecule has 1 fully saturated rings. The van der Waals surface area contributed by atoms with Crippen molar-refractivity contribution in [3.63, 3.8) is 0 Å². The Kier molecular flexibility index (Phi) is 12.0. The van der Waals surface area contributed by atoms with Crippen LogP contribution in [0.4, 0.5) is 17.1 Å². The molecule has 0 saturated heterocycles. The molecular weight excluding hydrogens is 578 g/mol. The largest absolute Gasteiger partial charge is 0.498 e. The van der Waals surface area contributed by atoms with Gasteiger partial charge in [-0.2, -0.15) is 0 Å². The van der Waals surface area contributed by atoms with Crippen LogP contribution in [0.15, 0.2) is 42.5 Å². The number of halogens is 1. The molecule has 4 rings (SSSR count). The number of carbonyl (C=O) groups excluding carboxylic acids is 1. The number of nitrogens with one attached hydrogen (secondary N) is 3. The predicted octanol–water partition coefficient (Wildman–Crippen LogP) is 7.81. The van der Waals surface area contributed by atoms with Gasteiger partial charge in [0.1, 0.15) is 17.4 Å². The van der Waals surface area contributed by atoms with Gasteiger partial charge in [-0.15, -0.1) is 0 Å². The van der Waals surface area contributed by atoms with Crippen LogP contribution in [0.25, 0.3) is 5.01 Å². The first-order chi connectivity index (χ1) is 21.2. The van der Waals surface area contributed by atoms with E-state index >= 15 is 0 Å². The monoisotopic (exact) mass is 623 g/mol. The van der Waals surface area contributed by atoms with Gasteiger partial charge >= 0.3 is 6.07 Å². The van der Waals surface area contributed by atoms with E-state index < -0.39 is 0 Å². The highest BCUT2D eigenvalue weighted by atomic mass is 35.5. The van der Waals surface area contributed by atoms with Crippen LogP contribution < -0.4 is 25.4 Å². The molecule has 1 saturated carbocycles. The van der Waals surface area contributed by atoms with Crippen LogP contribution >= 0.6 is 11.6 Å². The summed E-state index contributed by atoms with van der Waals surface area (Å²) in [5.41, 5.74) is 4.28. The molecule has 1 aliphatic heterocycles. The molecule has 4 atom stereocenters. The number of fused-ring (bicyclic) bond motifs is 1. The molecule has 9 nitrogen and oxygen atoms in total. The topological polar surface area (TPSA) is 102 Å². The molecule has 0 bridgehead atoms. The summed E-state index contributed by atoms with van der Waals surface area (Å²) in [5.74, 6) is 1.78. The normalized spacial score (nSPS) is 21.3. The summed E-state index contributed by atoms with van der Waals surface area (Å²) >= 11 is 6.70. The van der Waals surface area contributed by atoms with Gasteiger partial charge in [-0.1, -0.05) is 37.1 Å². The van der Waals surface area contributed by atoms with E-state index in [1.807, 2.05) is 56.3 Å². The van der Waals surface area contributed by atoms with E-state index in [1.165, 1.54) is 18.4 Å². The van der Waals surface area contributed by atoms with Gasteiger partial charge in [0, 0.05) is 46.9 Å². The van der Waals surface area contributed by atoms with Gasteiger partial charge < -0.3 is 35.5 Å². The number of nitrogens with zero attached hydrogens (tertiary/aromatic N) is 2. The number of hydrogen-bond acceptors (Lipinski definition) is 7. The van der Waals surface area contributed by atoms with Crippen LogP contribution in [0.3, 0.4) is 0 Å². The molecule has 238 valence electrons. The van der Waals surface area contributed by atoms with E-state index in [-0.39, 0.29) is 17.9 Å². The van der Waals surface area contributed by atoms with E-state index in [1.54, 1.807) is 0 Å². The fourth-order valence-electron chi connectivity index (χ4n) is 5.82. The lowest BCUT2D eigenvalue weighted by Crippen LogP contribution is -2.31. The predicted molar refractivity (Wildman–Crippen MR) is 180 cm³/mol. The average Bonchev–Trinajstić information content (AvgIpc) is 3.14. The average molecular weight is 624 g/mol. The molecule has 3 N–H and O–H groups in total. The molecule has 2 aliphatic rings. The first-order valence-electron chi connectivity index (χ1n) is 15.6. The Morgan fingerprint density at radius 2 is 2.02 bits per heavy atom. The lowest BCUT2D eigenvalue weighted by atomic mass is 9.88. The summed E-state index contributed by atoms with van der Waals surface area (Å²) in [4.78, 5) is 14.9. The minimum absolute atomic E-state index is 0.0884. The molecule has 4 unspecified atom stereocenters. The van der Waals surface area contributed by atoms with E-state index in [4.69, 9.17) is 21.1 Å². The third-order valence-electron chi connectivity index (χ3n) is 8.44. The number of carbonyl (C=O) groups is 1. The van der Waals surface area contributed by atoms with Gasteiger partial charge in [-0.3, -0.25) is 4.79 Å². The van der Waals surface area contributed by atoms with Gasteiger partial charge in [-0.25, -0.2) is 0 Å². The Balaban J connectivity index is 1.54. The number of ether oxygens (including phenoxy) is 2. The summed E-state index contributed by atoms with van der Waals surface area (Å²) in [6.07, 6.45) is 5.62. The third kappa shape index (κ3) is 8.96. The molecule has 2 aromatic carbocycles. The highest BCUT2D eigenvalue weighted by molar-refractivity contribution is 6.32. The molecule has 10 heteroatoms. The number of benzene rings is 2. The quantitative estimate of drug-likeness (QED) is 0.126. The fourth-order valence-corrected chi connectivity index (χ4v) is 6.05. The Morgan fingerprint density at radius 3 is 2.75 bits per heavy atom. The highest BCUT2D eigenvalue weighted by Crippen LogP contribution is 2.42. The molecule has 44 heavy (non-hydrogen) atoms. The van der Waals surface area contributed by atoms with Crippen molar-refractivity contribution in [2.24, 2.45) is 17.8 Å². The second kappa shape index (κ2) is 15.9. The zero-order valence-electron chi connectivity index (χ0n) is 26.4. The first kappa shape index (κ1) is 33.3.